The second-order valence-corrected chi connectivity index (χ2v) is 6.29. The number of halogens is 1. The summed E-state index contributed by atoms with van der Waals surface area (Å²) in [5.74, 6) is 0.751. The Morgan fingerprint density at radius 2 is 1.61 bits per heavy atom. The molecule has 0 aromatic rings. The minimum absolute atomic E-state index is 0.0876. The zero-order valence-corrected chi connectivity index (χ0v) is 13.1. The Morgan fingerprint density at radius 3 is 2.06 bits per heavy atom. The van der Waals surface area contributed by atoms with Crippen molar-refractivity contribution in [1.82, 2.24) is 9.80 Å². The molecular weight excluding hydrogens is 296 g/mol. The molecule has 1 saturated heterocycles. The van der Waals surface area contributed by atoms with E-state index in [2.05, 4.69) is 15.9 Å². The van der Waals surface area contributed by atoms with Crippen molar-refractivity contribution in [2.24, 2.45) is 5.92 Å². The van der Waals surface area contributed by atoms with E-state index in [1.165, 1.54) is 0 Å². The number of hydrogen-bond donors (Lipinski definition) is 0. The van der Waals surface area contributed by atoms with Gasteiger partial charge >= 0.3 is 0 Å². The molecule has 1 heterocycles. The summed E-state index contributed by atoms with van der Waals surface area (Å²) in [5, 5.41) is 0. The lowest BCUT2D eigenvalue weighted by Gasteiger charge is -2.36. The molecule has 18 heavy (non-hydrogen) atoms. The number of nitrogens with zero attached hydrogens (tertiary/aromatic N) is 2. The maximum absolute atomic E-state index is 12.0. The van der Waals surface area contributed by atoms with Crippen molar-refractivity contribution in [2.45, 2.75) is 38.4 Å². The number of piperazine rings is 1. The average Bonchev–Trinajstić information content (AvgIpc) is 2.36. The van der Waals surface area contributed by atoms with Crippen molar-refractivity contribution in [2.75, 3.05) is 26.2 Å². The average molecular weight is 319 g/mol. The van der Waals surface area contributed by atoms with Crippen molar-refractivity contribution in [3.05, 3.63) is 0 Å². The van der Waals surface area contributed by atoms with Crippen LogP contribution in [0.15, 0.2) is 0 Å². The zero-order valence-electron chi connectivity index (χ0n) is 11.5. The summed E-state index contributed by atoms with van der Waals surface area (Å²) in [6.45, 7) is 8.74. The smallest absolute Gasteiger partial charge is 0.236 e. The summed E-state index contributed by atoms with van der Waals surface area (Å²) in [5.41, 5.74) is 0. The molecule has 0 bridgehead atoms. The first-order chi connectivity index (χ1) is 8.45. The summed E-state index contributed by atoms with van der Waals surface area (Å²) in [6.07, 6.45) is 1.40. The molecule has 104 valence electrons. The molecule has 1 aliphatic heterocycles. The molecule has 1 fully saturated rings. The van der Waals surface area contributed by atoms with Crippen LogP contribution in [0, 0.1) is 5.92 Å². The second-order valence-electron chi connectivity index (χ2n) is 5.18. The Labute approximate surface area is 118 Å². The summed E-state index contributed by atoms with van der Waals surface area (Å²) >= 11 is 3.38. The van der Waals surface area contributed by atoms with Gasteiger partial charge in [-0.15, -0.1) is 0 Å². The summed E-state index contributed by atoms with van der Waals surface area (Å²) in [4.78, 5) is 27.5. The fraction of sp³-hybridized carbons (Fsp3) is 0.846. The Kier molecular flexibility index (Phi) is 6.12. The number of alkyl halides is 1. The van der Waals surface area contributed by atoms with Gasteiger partial charge in [-0.3, -0.25) is 9.59 Å². The molecule has 0 aliphatic carbocycles. The Balaban J connectivity index is 2.41. The van der Waals surface area contributed by atoms with E-state index in [4.69, 9.17) is 0 Å². The van der Waals surface area contributed by atoms with Gasteiger partial charge in [0.25, 0.3) is 0 Å². The maximum Gasteiger partial charge on any atom is 0.236 e. The topological polar surface area (TPSA) is 40.6 Å². The summed E-state index contributed by atoms with van der Waals surface area (Å²) in [7, 11) is 0. The lowest BCUT2D eigenvalue weighted by molar-refractivity contribution is -0.139. The van der Waals surface area contributed by atoms with Crippen molar-refractivity contribution in [1.29, 1.82) is 0 Å². The molecule has 0 aromatic heterocycles. The fourth-order valence-corrected chi connectivity index (χ4v) is 2.32. The van der Waals surface area contributed by atoms with Crippen LogP contribution in [0.2, 0.25) is 0 Å². The van der Waals surface area contributed by atoms with Gasteiger partial charge in [-0.25, -0.2) is 0 Å². The second kappa shape index (κ2) is 7.12. The Hall–Kier alpha value is -0.580. The van der Waals surface area contributed by atoms with Crippen LogP contribution in [0.3, 0.4) is 0 Å². The van der Waals surface area contributed by atoms with Gasteiger partial charge in [-0.1, -0.05) is 36.7 Å². The summed E-state index contributed by atoms with van der Waals surface area (Å²) in [6, 6.07) is 0. The van der Waals surface area contributed by atoms with E-state index in [9.17, 15) is 9.59 Å². The quantitative estimate of drug-likeness (QED) is 0.742. The van der Waals surface area contributed by atoms with Crippen LogP contribution < -0.4 is 0 Å². The van der Waals surface area contributed by atoms with Crippen LogP contribution >= 0.6 is 15.9 Å². The number of hydrogen-bond acceptors (Lipinski definition) is 2. The van der Waals surface area contributed by atoms with Gasteiger partial charge in [-0.2, -0.15) is 0 Å². The Bertz CT molecular complexity index is 299. The van der Waals surface area contributed by atoms with Crippen LogP contribution in [0.5, 0.6) is 0 Å². The van der Waals surface area contributed by atoms with Crippen molar-refractivity contribution in [3.8, 4) is 0 Å². The van der Waals surface area contributed by atoms with Crippen LogP contribution in [0.1, 0.15) is 33.6 Å². The molecule has 1 unspecified atom stereocenters. The van der Waals surface area contributed by atoms with Gasteiger partial charge in [0, 0.05) is 32.6 Å². The molecule has 0 saturated carbocycles. The SMILES string of the molecule is CCC(Br)C(=O)N1CCN(C(=O)CC(C)C)CC1. The van der Waals surface area contributed by atoms with E-state index in [-0.39, 0.29) is 16.6 Å². The van der Waals surface area contributed by atoms with Crippen molar-refractivity contribution in [3.63, 3.8) is 0 Å². The molecule has 0 N–H and O–H groups in total. The molecule has 0 aromatic carbocycles. The lowest BCUT2D eigenvalue weighted by Crippen LogP contribution is -2.52. The highest BCUT2D eigenvalue weighted by molar-refractivity contribution is 9.10. The third-order valence-electron chi connectivity index (χ3n) is 3.15. The van der Waals surface area contributed by atoms with Gasteiger partial charge in [0.1, 0.15) is 0 Å². The highest BCUT2D eigenvalue weighted by atomic mass is 79.9. The summed E-state index contributed by atoms with van der Waals surface area (Å²) < 4.78 is 0. The van der Waals surface area contributed by atoms with Crippen LogP contribution in [0.4, 0.5) is 0 Å². The molecule has 1 atom stereocenters. The molecular formula is C13H23BrN2O2. The highest BCUT2D eigenvalue weighted by Gasteiger charge is 2.26. The van der Waals surface area contributed by atoms with Crippen LogP contribution in [-0.4, -0.2) is 52.6 Å². The van der Waals surface area contributed by atoms with Gasteiger partial charge in [0.05, 0.1) is 4.83 Å². The van der Waals surface area contributed by atoms with Gasteiger partial charge in [-0.05, 0) is 12.3 Å². The predicted octanol–water partition coefficient (Wildman–Crippen LogP) is 1.88. The first kappa shape index (κ1) is 15.5. The first-order valence-electron chi connectivity index (χ1n) is 6.66. The van der Waals surface area contributed by atoms with E-state index in [0.29, 0.717) is 38.5 Å². The largest absolute Gasteiger partial charge is 0.339 e. The van der Waals surface area contributed by atoms with Crippen LogP contribution in [-0.2, 0) is 9.59 Å². The van der Waals surface area contributed by atoms with Crippen LogP contribution in [0.25, 0.3) is 0 Å². The number of carbonyl (C=O) groups excluding carboxylic acids is 2. The lowest BCUT2D eigenvalue weighted by atomic mass is 10.1. The zero-order chi connectivity index (χ0) is 13.7. The molecule has 1 rings (SSSR count). The van der Waals surface area contributed by atoms with Gasteiger partial charge < -0.3 is 9.80 Å². The number of rotatable bonds is 4. The number of carbonyl (C=O) groups is 2. The van der Waals surface area contributed by atoms with E-state index in [1.807, 2.05) is 30.6 Å². The molecule has 0 radical (unpaired) electrons. The monoisotopic (exact) mass is 318 g/mol. The minimum Gasteiger partial charge on any atom is -0.339 e. The molecule has 5 heteroatoms. The molecule has 4 nitrogen and oxygen atoms in total. The predicted molar refractivity (Wildman–Crippen MR) is 75.6 cm³/mol. The first-order valence-corrected chi connectivity index (χ1v) is 7.57. The van der Waals surface area contributed by atoms with E-state index >= 15 is 0 Å². The number of amides is 2. The Morgan fingerprint density at radius 1 is 1.11 bits per heavy atom. The van der Waals surface area contributed by atoms with Gasteiger partial charge in [0.15, 0.2) is 0 Å². The third-order valence-corrected chi connectivity index (χ3v) is 4.19. The third kappa shape index (κ3) is 4.26. The molecule has 2 amide bonds. The van der Waals surface area contributed by atoms with Crippen molar-refractivity contribution < 1.29 is 9.59 Å². The standard InChI is InChI=1S/C13H23BrN2O2/c1-4-11(14)13(18)16-7-5-15(6-8-16)12(17)9-10(2)3/h10-11H,4-9H2,1-3H3. The minimum atomic E-state index is -0.0876. The maximum atomic E-state index is 12.0. The van der Waals surface area contributed by atoms with E-state index in [1.54, 1.807) is 0 Å². The fourth-order valence-electron chi connectivity index (χ4n) is 2.03. The van der Waals surface area contributed by atoms with Crippen molar-refractivity contribution >= 4 is 27.7 Å². The normalized spacial score (nSPS) is 18.1. The van der Waals surface area contributed by atoms with E-state index in [0.717, 1.165) is 6.42 Å². The van der Waals surface area contributed by atoms with Gasteiger partial charge in [0.2, 0.25) is 11.8 Å². The van der Waals surface area contributed by atoms with E-state index < -0.39 is 0 Å². The molecule has 0 spiro atoms. The molecule has 1 aliphatic rings. The highest BCUT2D eigenvalue weighted by Crippen LogP contribution is 2.13.